The quantitative estimate of drug-likeness (QED) is 0.483. The molecule has 30 heavy (non-hydrogen) atoms. The average molecular weight is 406 g/mol. The summed E-state index contributed by atoms with van der Waals surface area (Å²) >= 11 is 0. The molecule has 1 aromatic heterocycles. The molecule has 1 atom stereocenters. The first-order valence-electron chi connectivity index (χ1n) is 9.77. The number of benzene rings is 2. The second-order valence-electron chi connectivity index (χ2n) is 6.89. The number of hydrogen-bond acceptors (Lipinski definition) is 4. The Balaban J connectivity index is 1.32. The summed E-state index contributed by atoms with van der Waals surface area (Å²) in [6, 6.07) is 17.8. The highest BCUT2D eigenvalue weighted by molar-refractivity contribution is 5.79. The summed E-state index contributed by atoms with van der Waals surface area (Å²) in [5, 5.41) is 6.55. The Hall–Kier alpha value is -3.61. The minimum atomic E-state index is -0.357. The van der Waals surface area contributed by atoms with Crippen LogP contribution < -0.4 is 20.1 Å². The predicted molar refractivity (Wildman–Crippen MR) is 113 cm³/mol. The van der Waals surface area contributed by atoms with Crippen LogP contribution >= 0.6 is 0 Å². The number of fused-ring (bicyclic) bond motifs is 1. The highest BCUT2D eigenvalue weighted by atomic mass is 19.1. The Morgan fingerprint density at radius 3 is 2.90 bits per heavy atom. The maximum atomic E-state index is 13.4. The van der Waals surface area contributed by atoms with E-state index < -0.39 is 0 Å². The number of hydrogen-bond donors (Lipinski definition) is 2. The standard InChI is InChI=1S/C23H23FN4O2/c1-25-23(28-15-20-12-16-6-2-3-10-21(16)29-20)27-14-17-7-5-11-26-22(17)30-19-9-4-8-18(24)13-19/h2-11,13,20H,12,14-15H2,1H3,(H2,25,27,28). The van der Waals surface area contributed by atoms with Crippen molar-refractivity contribution in [1.29, 1.82) is 0 Å². The van der Waals surface area contributed by atoms with Crippen molar-refractivity contribution in [2.45, 2.75) is 19.1 Å². The average Bonchev–Trinajstić information content (AvgIpc) is 3.18. The maximum Gasteiger partial charge on any atom is 0.224 e. The maximum absolute atomic E-state index is 13.4. The zero-order valence-corrected chi connectivity index (χ0v) is 16.6. The molecule has 0 fully saturated rings. The largest absolute Gasteiger partial charge is 0.488 e. The topological polar surface area (TPSA) is 67.8 Å². The van der Waals surface area contributed by atoms with Crippen LogP contribution in [0.2, 0.25) is 0 Å². The lowest BCUT2D eigenvalue weighted by atomic mass is 10.1. The Morgan fingerprint density at radius 1 is 1.17 bits per heavy atom. The molecule has 4 rings (SSSR count). The number of aromatic nitrogens is 1. The lowest BCUT2D eigenvalue weighted by molar-refractivity contribution is 0.235. The first-order valence-corrected chi connectivity index (χ1v) is 9.77. The van der Waals surface area contributed by atoms with Crippen LogP contribution in [0.3, 0.4) is 0 Å². The fourth-order valence-electron chi connectivity index (χ4n) is 3.27. The molecule has 1 aliphatic rings. The Morgan fingerprint density at radius 2 is 2.07 bits per heavy atom. The molecular weight excluding hydrogens is 383 g/mol. The summed E-state index contributed by atoms with van der Waals surface area (Å²) in [7, 11) is 1.72. The fourth-order valence-corrected chi connectivity index (χ4v) is 3.27. The minimum Gasteiger partial charge on any atom is -0.488 e. The van der Waals surface area contributed by atoms with Gasteiger partial charge in [-0.1, -0.05) is 30.3 Å². The lowest BCUT2D eigenvalue weighted by Gasteiger charge is -2.16. The van der Waals surface area contributed by atoms with Gasteiger partial charge < -0.3 is 20.1 Å². The molecule has 2 aromatic carbocycles. The van der Waals surface area contributed by atoms with E-state index in [1.807, 2.05) is 30.3 Å². The number of guanidine groups is 1. The molecule has 0 saturated carbocycles. The highest BCUT2D eigenvalue weighted by Gasteiger charge is 2.22. The third kappa shape index (κ3) is 4.86. The number of pyridine rings is 1. The Kier molecular flexibility index (Phi) is 6.08. The van der Waals surface area contributed by atoms with Gasteiger partial charge in [-0.15, -0.1) is 0 Å². The third-order valence-electron chi connectivity index (χ3n) is 4.74. The summed E-state index contributed by atoms with van der Waals surface area (Å²) in [5.41, 5.74) is 2.05. The van der Waals surface area contributed by atoms with Gasteiger partial charge in [0.2, 0.25) is 5.88 Å². The fraction of sp³-hybridized carbons (Fsp3) is 0.217. The second-order valence-corrected chi connectivity index (χ2v) is 6.89. The molecule has 1 aliphatic heterocycles. The van der Waals surface area contributed by atoms with Gasteiger partial charge in [0.15, 0.2) is 5.96 Å². The summed E-state index contributed by atoms with van der Waals surface area (Å²) < 4.78 is 25.1. The van der Waals surface area contributed by atoms with Crippen molar-refractivity contribution in [3.8, 4) is 17.4 Å². The number of aliphatic imine (C=N–C) groups is 1. The zero-order valence-electron chi connectivity index (χ0n) is 16.6. The molecule has 2 N–H and O–H groups in total. The molecule has 1 unspecified atom stereocenters. The van der Waals surface area contributed by atoms with E-state index >= 15 is 0 Å². The van der Waals surface area contributed by atoms with Gasteiger partial charge >= 0.3 is 0 Å². The molecule has 0 saturated heterocycles. The third-order valence-corrected chi connectivity index (χ3v) is 4.74. The van der Waals surface area contributed by atoms with Crippen molar-refractivity contribution in [2.24, 2.45) is 4.99 Å². The molecule has 154 valence electrons. The first-order chi connectivity index (χ1) is 14.7. The predicted octanol–water partition coefficient (Wildman–Crippen LogP) is 3.68. The number of rotatable bonds is 6. The van der Waals surface area contributed by atoms with Crippen LogP contribution in [0.4, 0.5) is 4.39 Å². The normalized spacial score (nSPS) is 15.3. The van der Waals surface area contributed by atoms with E-state index in [0.717, 1.165) is 17.7 Å². The van der Waals surface area contributed by atoms with Gasteiger partial charge in [-0.3, -0.25) is 4.99 Å². The monoisotopic (exact) mass is 406 g/mol. The van der Waals surface area contributed by atoms with E-state index in [2.05, 4.69) is 26.7 Å². The highest BCUT2D eigenvalue weighted by Crippen LogP contribution is 2.27. The number of halogens is 1. The van der Waals surface area contributed by atoms with Crippen molar-refractivity contribution in [3.63, 3.8) is 0 Å². The molecule has 0 aliphatic carbocycles. The van der Waals surface area contributed by atoms with E-state index in [1.165, 1.54) is 17.7 Å². The first kappa shape index (κ1) is 19.7. The second kappa shape index (κ2) is 9.26. The molecule has 0 spiro atoms. The van der Waals surface area contributed by atoms with Crippen molar-refractivity contribution >= 4 is 5.96 Å². The number of nitrogens with zero attached hydrogens (tertiary/aromatic N) is 2. The molecule has 7 heteroatoms. The molecule has 2 heterocycles. The van der Waals surface area contributed by atoms with E-state index in [0.29, 0.717) is 30.7 Å². The van der Waals surface area contributed by atoms with Gasteiger partial charge in [-0.2, -0.15) is 0 Å². The molecule has 0 radical (unpaired) electrons. The van der Waals surface area contributed by atoms with Crippen molar-refractivity contribution in [1.82, 2.24) is 15.6 Å². The van der Waals surface area contributed by atoms with Crippen LogP contribution in [0.25, 0.3) is 0 Å². The number of ether oxygens (including phenoxy) is 2. The Bertz CT molecular complexity index is 1020. The number of para-hydroxylation sites is 1. The van der Waals surface area contributed by atoms with Gasteiger partial charge in [-0.05, 0) is 29.8 Å². The van der Waals surface area contributed by atoms with E-state index in [4.69, 9.17) is 9.47 Å². The molecule has 6 nitrogen and oxygen atoms in total. The van der Waals surface area contributed by atoms with Gasteiger partial charge in [0.25, 0.3) is 0 Å². The molecule has 0 bridgehead atoms. The van der Waals surface area contributed by atoms with E-state index in [9.17, 15) is 4.39 Å². The minimum absolute atomic E-state index is 0.0613. The van der Waals surface area contributed by atoms with Crippen molar-refractivity contribution < 1.29 is 13.9 Å². The van der Waals surface area contributed by atoms with Crippen LogP contribution in [-0.4, -0.2) is 30.6 Å². The van der Waals surface area contributed by atoms with Crippen LogP contribution in [0.1, 0.15) is 11.1 Å². The van der Waals surface area contributed by atoms with Crippen molar-refractivity contribution in [2.75, 3.05) is 13.6 Å². The van der Waals surface area contributed by atoms with Crippen LogP contribution in [0, 0.1) is 5.82 Å². The van der Waals surface area contributed by atoms with Gasteiger partial charge in [-0.25, -0.2) is 9.37 Å². The number of nitrogens with one attached hydrogen (secondary N) is 2. The molecular formula is C23H23FN4O2. The molecule has 0 amide bonds. The summed E-state index contributed by atoms with van der Waals surface area (Å²) in [6.45, 7) is 1.08. The SMILES string of the molecule is CN=C(NCc1cccnc1Oc1cccc(F)c1)NCC1Cc2ccccc2O1. The van der Waals surface area contributed by atoms with Gasteiger partial charge in [0.05, 0.1) is 6.54 Å². The summed E-state index contributed by atoms with van der Waals surface area (Å²) in [4.78, 5) is 8.54. The van der Waals surface area contributed by atoms with E-state index in [-0.39, 0.29) is 11.9 Å². The Labute approximate surface area is 174 Å². The smallest absolute Gasteiger partial charge is 0.224 e. The van der Waals surface area contributed by atoms with Crippen molar-refractivity contribution in [3.05, 3.63) is 83.8 Å². The van der Waals surface area contributed by atoms with Crippen LogP contribution in [0.15, 0.2) is 71.9 Å². The summed E-state index contributed by atoms with van der Waals surface area (Å²) in [6.07, 6.45) is 2.57. The van der Waals surface area contributed by atoms with Gasteiger partial charge in [0, 0.05) is 37.8 Å². The van der Waals surface area contributed by atoms with Gasteiger partial charge in [0.1, 0.15) is 23.4 Å². The lowest BCUT2D eigenvalue weighted by Crippen LogP contribution is -2.42. The zero-order chi connectivity index (χ0) is 20.8. The van der Waals surface area contributed by atoms with Crippen LogP contribution in [0.5, 0.6) is 17.4 Å². The van der Waals surface area contributed by atoms with E-state index in [1.54, 1.807) is 25.4 Å². The summed E-state index contributed by atoms with van der Waals surface area (Å²) in [5.74, 6) is 2.05. The molecule has 3 aromatic rings. The van der Waals surface area contributed by atoms with Crippen LogP contribution in [-0.2, 0) is 13.0 Å².